The van der Waals surface area contributed by atoms with Gasteiger partial charge in [-0.05, 0) is 25.1 Å². The normalized spacial score (nSPS) is 10.1. The first-order valence-corrected chi connectivity index (χ1v) is 7.58. The van der Waals surface area contributed by atoms with E-state index < -0.39 is 23.4 Å². The van der Waals surface area contributed by atoms with E-state index in [1.807, 2.05) is 6.92 Å². The van der Waals surface area contributed by atoms with Crippen LogP contribution in [0.15, 0.2) is 30.3 Å². The number of esters is 1. The highest BCUT2D eigenvalue weighted by Crippen LogP contribution is 2.28. The minimum absolute atomic E-state index is 0.137. The van der Waals surface area contributed by atoms with Gasteiger partial charge in [-0.15, -0.1) is 11.3 Å². The van der Waals surface area contributed by atoms with Crippen molar-refractivity contribution < 1.29 is 24.0 Å². The number of non-ortho nitro benzene ring substituents is 1. The first kappa shape index (κ1) is 17.4. The Morgan fingerprint density at radius 3 is 2.62 bits per heavy atom. The second-order valence-electron chi connectivity index (χ2n) is 4.68. The smallest absolute Gasteiger partial charge is 0.348 e. The van der Waals surface area contributed by atoms with Gasteiger partial charge in [0.2, 0.25) is 0 Å². The fourth-order valence-electron chi connectivity index (χ4n) is 1.83. The molecule has 0 aliphatic carbocycles. The molecule has 8 nitrogen and oxygen atoms in total. The third-order valence-electron chi connectivity index (χ3n) is 2.95. The van der Waals surface area contributed by atoms with Crippen LogP contribution in [-0.4, -0.2) is 30.5 Å². The van der Waals surface area contributed by atoms with Gasteiger partial charge in [-0.1, -0.05) is 0 Å². The SMILES string of the molecule is COc1cc([N+](=O)[O-])ccc1NC(=O)COC(=O)c1ccc(C)s1. The minimum Gasteiger partial charge on any atom is -0.494 e. The van der Waals surface area contributed by atoms with Crippen molar-refractivity contribution in [3.8, 4) is 5.75 Å². The van der Waals surface area contributed by atoms with Crippen molar-refractivity contribution in [2.24, 2.45) is 0 Å². The zero-order valence-electron chi connectivity index (χ0n) is 12.9. The Kier molecular flexibility index (Phi) is 5.48. The molecule has 9 heteroatoms. The largest absolute Gasteiger partial charge is 0.494 e. The zero-order chi connectivity index (χ0) is 17.7. The molecule has 0 fully saturated rings. The van der Waals surface area contributed by atoms with E-state index in [9.17, 15) is 19.7 Å². The summed E-state index contributed by atoms with van der Waals surface area (Å²) in [5.41, 5.74) is 0.0838. The number of methoxy groups -OCH3 is 1. The number of carbonyl (C=O) groups is 2. The molecule has 0 aliphatic heterocycles. The summed E-state index contributed by atoms with van der Waals surface area (Å²) in [4.78, 5) is 35.2. The Labute approximate surface area is 141 Å². The molecule has 2 rings (SSSR count). The Morgan fingerprint density at radius 1 is 1.29 bits per heavy atom. The lowest BCUT2D eigenvalue weighted by Gasteiger charge is -2.10. The van der Waals surface area contributed by atoms with E-state index in [0.29, 0.717) is 4.88 Å². The summed E-state index contributed by atoms with van der Waals surface area (Å²) in [5.74, 6) is -1.03. The number of hydrogen-bond donors (Lipinski definition) is 1. The summed E-state index contributed by atoms with van der Waals surface area (Å²) in [6.07, 6.45) is 0. The lowest BCUT2D eigenvalue weighted by Crippen LogP contribution is -2.21. The molecule has 0 bridgehead atoms. The predicted molar refractivity (Wildman–Crippen MR) is 87.6 cm³/mol. The lowest BCUT2D eigenvalue weighted by molar-refractivity contribution is -0.384. The van der Waals surface area contributed by atoms with Crippen LogP contribution >= 0.6 is 11.3 Å². The van der Waals surface area contributed by atoms with Crippen molar-refractivity contribution in [3.05, 3.63) is 50.2 Å². The quantitative estimate of drug-likeness (QED) is 0.487. The van der Waals surface area contributed by atoms with Crippen LogP contribution in [0.4, 0.5) is 11.4 Å². The number of carbonyl (C=O) groups excluding carboxylic acids is 2. The average Bonchev–Trinajstić information content (AvgIpc) is 2.99. The van der Waals surface area contributed by atoms with Gasteiger partial charge in [0.15, 0.2) is 6.61 Å². The number of amides is 1. The number of aryl methyl sites for hydroxylation is 1. The maximum absolute atomic E-state index is 11.9. The first-order chi connectivity index (χ1) is 11.4. The standard InChI is InChI=1S/C15H14N2O6S/c1-9-3-6-13(24-9)15(19)23-8-14(18)16-11-5-4-10(17(20)21)7-12(11)22-2/h3-7H,8H2,1-2H3,(H,16,18). The van der Waals surface area contributed by atoms with Crippen molar-refractivity contribution in [3.63, 3.8) is 0 Å². The molecule has 0 radical (unpaired) electrons. The van der Waals surface area contributed by atoms with E-state index in [0.717, 1.165) is 4.88 Å². The highest BCUT2D eigenvalue weighted by Gasteiger charge is 2.15. The summed E-state index contributed by atoms with van der Waals surface area (Å²) < 4.78 is 9.93. The topological polar surface area (TPSA) is 108 Å². The van der Waals surface area contributed by atoms with Crippen LogP contribution in [0, 0.1) is 17.0 Å². The second kappa shape index (κ2) is 7.55. The number of hydrogen-bond acceptors (Lipinski definition) is 7. The molecule has 0 aliphatic rings. The van der Waals surface area contributed by atoms with Crippen LogP contribution in [-0.2, 0) is 9.53 Å². The molecule has 1 aromatic heterocycles. The molecule has 0 atom stereocenters. The number of nitrogens with zero attached hydrogens (tertiary/aromatic N) is 1. The number of anilines is 1. The average molecular weight is 350 g/mol. The molecular weight excluding hydrogens is 336 g/mol. The van der Waals surface area contributed by atoms with Gasteiger partial charge in [-0.3, -0.25) is 14.9 Å². The van der Waals surface area contributed by atoms with Crippen LogP contribution in [0.3, 0.4) is 0 Å². The fourth-order valence-corrected chi connectivity index (χ4v) is 2.59. The molecule has 0 saturated heterocycles. The van der Waals surface area contributed by atoms with Gasteiger partial charge in [0.1, 0.15) is 10.6 Å². The van der Waals surface area contributed by atoms with Crippen LogP contribution in [0.25, 0.3) is 0 Å². The highest BCUT2D eigenvalue weighted by molar-refractivity contribution is 7.13. The Bertz CT molecular complexity index is 786. The molecule has 0 unspecified atom stereocenters. The van der Waals surface area contributed by atoms with E-state index in [4.69, 9.17) is 9.47 Å². The van der Waals surface area contributed by atoms with Gasteiger partial charge in [0, 0.05) is 10.9 Å². The predicted octanol–water partition coefficient (Wildman–Crippen LogP) is 2.77. The lowest BCUT2D eigenvalue weighted by atomic mass is 10.2. The second-order valence-corrected chi connectivity index (χ2v) is 5.96. The van der Waals surface area contributed by atoms with Gasteiger partial charge in [-0.25, -0.2) is 4.79 Å². The molecule has 0 saturated carbocycles. The maximum atomic E-state index is 11.9. The highest BCUT2D eigenvalue weighted by atomic mass is 32.1. The number of rotatable bonds is 6. The summed E-state index contributed by atoms with van der Waals surface area (Å²) in [6.45, 7) is 1.38. The maximum Gasteiger partial charge on any atom is 0.348 e. The first-order valence-electron chi connectivity index (χ1n) is 6.76. The van der Waals surface area contributed by atoms with Crippen LogP contribution in [0.1, 0.15) is 14.5 Å². The molecule has 24 heavy (non-hydrogen) atoms. The summed E-state index contributed by atoms with van der Waals surface area (Å²) >= 11 is 1.27. The van der Waals surface area contributed by atoms with E-state index >= 15 is 0 Å². The van der Waals surface area contributed by atoms with Gasteiger partial charge >= 0.3 is 5.97 Å². The van der Waals surface area contributed by atoms with Crippen molar-refractivity contribution in [2.45, 2.75) is 6.92 Å². The van der Waals surface area contributed by atoms with Crippen molar-refractivity contribution in [1.82, 2.24) is 0 Å². The van der Waals surface area contributed by atoms with E-state index in [2.05, 4.69) is 5.32 Å². The number of thiophene rings is 1. The Hall–Kier alpha value is -2.94. The van der Waals surface area contributed by atoms with Crippen LogP contribution in [0.5, 0.6) is 5.75 Å². The van der Waals surface area contributed by atoms with Crippen molar-refractivity contribution >= 4 is 34.6 Å². The Morgan fingerprint density at radius 2 is 2.04 bits per heavy atom. The number of nitro groups is 1. The van der Waals surface area contributed by atoms with Crippen LogP contribution < -0.4 is 10.1 Å². The zero-order valence-corrected chi connectivity index (χ0v) is 13.7. The van der Waals surface area contributed by atoms with E-state index in [1.54, 1.807) is 12.1 Å². The third-order valence-corrected chi connectivity index (χ3v) is 3.93. The van der Waals surface area contributed by atoms with Gasteiger partial charge in [-0.2, -0.15) is 0 Å². The molecule has 1 aromatic carbocycles. The molecular formula is C15H14N2O6S. The third kappa shape index (κ3) is 4.29. The molecule has 1 N–H and O–H groups in total. The summed E-state index contributed by atoms with van der Waals surface area (Å²) in [5, 5.41) is 13.2. The number of benzene rings is 1. The van der Waals surface area contributed by atoms with Gasteiger partial charge in [0.25, 0.3) is 11.6 Å². The summed E-state index contributed by atoms with van der Waals surface area (Å²) in [6, 6.07) is 7.18. The number of nitrogens with one attached hydrogen (secondary N) is 1. The van der Waals surface area contributed by atoms with E-state index in [1.165, 1.54) is 36.6 Å². The molecule has 0 spiro atoms. The van der Waals surface area contributed by atoms with Gasteiger partial charge in [0.05, 0.1) is 23.8 Å². The van der Waals surface area contributed by atoms with E-state index in [-0.39, 0.29) is 17.1 Å². The minimum atomic E-state index is -0.584. The van der Waals surface area contributed by atoms with Gasteiger partial charge < -0.3 is 14.8 Å². The van der Waals surface area contributed by atoms with Crippen molar-refractivity contribution in [1.29, 1.82) is 0 Å². The molecule has 126 valence electrons. The van der Waals surface area contributed by atoms with Crippen molar-refractivity contribution in [2.75, 3.05) is 19.0 Å². The molecule has 1 amide bonds. The number of ether oxygens (including phenoxy) is 2. The molecule has 2 aromatic rings. The van der Waals surface area contributed by atoms with Crippen LogP contribution in [0.2, 0.25) is 0 Å². The molecule has 1 heterocycles. The monoisotopic (exact) mass is 350 g/mol. The number of nitro benzene ring substituents is 1. The Balaban J connectivity index is 1.97. The fraction of sp³-hybridized carbons (Fsp3) is 0.200. The summed E-state index contributed by atoms with van der Waals surface area (Å²) in [7, 11) is 1.33.